The van der Waals surface area contributed by atoms with Gasteiger partial charge in [0.05, 0.1) is 13.5 Å². The highest BCUT2D eigenvalue weighted by molar-refractivity contribution is 5.96. The van der Waals surface area contributed by atoms with Crippen molar-refractivity contribution < 1.29 is 23.9 Å². The van der Waals surface area contributed by atoms with Crippen molar-refractivity contribution in [2.45, 2.75) is 39.2 Å². The molecule has 9 nitrogen and oxygen atoms in total. The minimum Gasteiger partial charge on any atom is -0.469 e. The van der Waals surface area contributed by atoms with E-state index in [-0.39, 0.29) is 24.8 Å². The lowest BCUT2D eigenvalue weighted by molar-refractivity contribution is -0.140. The molecule has 9 heteroatoms. The van der Waals surface area contributed by atoms with Gasteiger partial charge in [0.2, 0.25) is 5.91 Å². The van der Waals surface area contributed by atoms with Gasteiger partial charge in [-0.05, 0) is 20.8 Å². The molecule has 1 aromatic heterocycles. The Morgan fingerprint density at radius 2 is 1.96 bits per heavy atom. The number of esters is 1. The summed E-state index contributed by atoms with van der Waals surface area (Å²) in [5, 5.41) is 0. The highest BCUT2D eigenvalue weighted by Gasteiger charge is 2.32. The van der Waals surface area contributed by atoms with Gasteiger partial charge in [-0.3, -0.25) is 19.4 Å². The van der Waals surface area contributed by atoms with Crippen molar-refractivity contribution in [3.63, 3.8) is 0 Å². The summed E-state index contributed by atoms with van der Waals surface area (Å²) in [5.74, 6) is 0.672. The molecule has 0 aliphatic carbocycles. The van der Waals surface area contributed by atoms with Crippen LogP contribution in [-0.2, 0) is 32.5 Å². The van der Waals surface area contributed by atoms with Crippen LogP contribution < -0.4 is 4.90 Å². The van der Waals surface area contributed by atoms with Gasteiger partial charge in [-0.1, -0.05) is 0 Å². The van der Waals surface area contributed by atoms with Crippen molar-refractivity contribution in [1.29, 1.82) is 0 Å². The van der Waals surface area contributed by atoms with Crippen LogP contribution in [0.25, 0.3) is 0 Å². The Morgan fingerprint density at radius 3 is 2.54 bits per heavy atom. The Labute approximate surface area is 152 Å². The summed E-state index contributed by atoms with van der Waals surface area (Å²) >= 11 is 0. The van der Waals surface area contributed by atoms with E-state index in [1.165, 1.54) is 12.0 Å². The van der Waals surface area contributed by atoms with Crippen molar-refractivity contribution in [3.8, 4) is 0 Å². The van der Waals surface area contributed by atoms with Crippen LogP contribution in [0.4, 0.5) is 10.6 Å². The van der Waals surface area contributed by atoms with Gasteiger partial charge in [0.25, 0.3) is 0 Å². The molecule has 1 saturated heterocycles. The normalized spacial score (nSPS) is 15.2. The number of anilines is 1. The average molecular weight is 366 g/mol. The van der Waals surface area contributed by atoms with Gasteiger partial charge >= 0.3 is 12.1 Å². The van der Waals surface area contributed by atoms with Crippen LogP contribution in [0.2, 0.25) is 0 Å². The van der Waals surface area contributed by atoms with Gasteiger partial charge in [-0.2, -0.15) is 0 Å². The van der Waals surface area contributed by atoms with Crippen molar-refractivity contribution in [3.05, 3.63) is 12.0 Å². The number of methoxy groups -OCH3 is 1. The van der Waals surface area contributed by atoms with Crippen LogP contribution in [-0.4, -0.2) is 64.8 Å². The molecule has 1 aliphatic heterocycles. The molecule has 0 aromatic carbocycles. The van der Waals surface area contributed by atoms with E-state index in [1.807, 2.05) is 7.05 Å². The van der Waals surface area contributed by atoms with Gasteiger partial charge in [0, 0.05) is 32.8 Å². The maximum Gasteiger partial charge on any atom is 0.410 e. The average Bonchev–Trinajstić information content (AvgIpc) is 2.91. The maximum absolute atomic E-state index is 12.5. The highest BCUT2D eigenvalue weighted by Crippen LogP contribution is 2.19. The lowest BCUT2D eigenvalue weighted by Gasteiger charge is -2.34. The monoisotopic (exact) mass is 366 g/mol. The summed E-state index contributed by atoms with van der Waals surface area (Å²) in [5.41, 5.74) is -0.604. The third-order valence-electron chi connectivity index (χ3n) is 3.89. The van der Waals surface area contributed by atoms with Crippen LogP contribution in [0.1, 0.15) is 33.0 Å². The fourth-order valence-electron chi connectivity index (χ4n) is 2.56. The van der Waals surface area contributed by atoms with E-state index in [2.05, 4.69) is 9.72 Å². The number of hydrogen-bond donors (Lipinski definition) is 0. The third kappa shape index (κ3) is 4.96. The van der Waals surface area contributed by atoms with Gasteiger partial charge < -0.3 is 14.0 Å². The van der Waals surface area contributed by atoms with E-state index in [1.54, 1.807) is 36.4 Å². The van der Waals surface area contributed by atoms with Crippen molar-refractivity contribution in [2.75, 3.05) is 31.6 Å². The van der Waals surface area contributed by atoms with E-state index in [9.17, 15) is 14.4 Å². The van der Waals surface area contributed by atoms with Gasteiger partial charge in [-0.15, -0.1) is 0 Å². The summed E-state index contributed by atoms with van der Waals surface area (Å²) in [4.78, 5) is 43.2. The molecule has 26 heavy (non-hydrogen) atoms. The number of aryl methyl sites for hydroxylation is 2. The Kier molecular flexibility index (Phi) is 5.89. The molecule has 0 unspecified atom stereocenters. The maximum atomic E-state index is 12.5. The van der Waals surface area contributed by atoms with Gasteiger partial charge in [0.15, 0.2) is 5.82 Å². The van der Waals surface area contributed by atoms with Crippen LogP contribution in [0.5, 0.6) is 0 Å². The summed E-state index contributed by atoms with van der Waals surface area (Å²) in [6.07, 6.45) is 1.90. The molecule has 0 N–H and O–H groups in total. The van der Waals surface area contributed by atoms with Crippen molar-refractivity contribution in [2.24, 2.45) is 7.05 Å². The number of amides is 2. The number of aromatic nitrogens is 2. The first-order valence-electron chi connectivity index (χ1n) is 8.48. The number of hydrogen-bond acceptors (Lipinski definition) is 6. The van der Waals surface area contributed by atoms with Crippen LogP contribution in [0.15, 0.2) is 6.20 Å². The van der Waals surface area contributed by atoms with Crippen LogP contribution >= 0.6 is 0 Å². The largest absolute Gasteiger partial charge is 0.469 e. The number of carbonyl (C=O) groups is 3. The lowest BCUT2D eigenvalue weighted by atomic mass is 10.2. The van der Waals surface area contributed by atoms with Crippen LogP contribution in [0, 0.1) is 0 Å². The van der Waals surface area contributed by atoms with E-state index < -0.39 is 11.7 Å². The number of carbonyl (C=O) groups excluding carboxylic acids is 3. The van der Waals surface area contributed by atoms with Crippen molar-refractivity contribution >= 4 is 23.8 Å². The fourth-order valence-corrected chi connectivity index (χ4v) is 2.56. The Balaban J connectivity index is 2.00. The second kappa shape index (κ2) is 7.76. The number of ether oxygens (including phenoxy) is 2. The molecule has 2 heterocycles. The first kappa shape index (κ1) is 19.7. The summed E-state index contributed by atoms with van der Waals surface area (Å²) in [6, 6.07) is 0. The molecule has 2 amide bonds. The highest BCUT2D eigenvalue weighted by atomic mass is 16.6. The molecule has 0 radical (unpaired) electrons. The topological polar surface area (TPSA) is 94.0 Å². The first-order chi connectivity index (χ1) is 12.1. The van der Waals surface area contributed by atoms with E-state index in [0.29, 0.717) is 31.2 Å². The molecule has 144 valence electrons. The fraction of sp³-hybridized carbons (Fsp3) is 0.647. The second-order valence-electron chi connectivity index (χ2n) is 7.15. The smallest absolute Gasteiger partial charge is 0.410 e. The number of piperazine rings is 1. The summed E-state index contributed by atoms with van der Waals surface area (Å²) in [7, 11) is 3.15. The van der Waals surface area contributed by atoms with E-state index in [0.717, 1.165) is 0 Å². The second-order valence-corrected chi connectivity index (χ2v) is 7.15. The molecule has 2 rings (SSSR count). The molecular weight excluding hydrogens is 340 g/mol. The molecule has 0 saturated carbocycles. The standard InChI is InChI=1S/C17H26N4O5/c1-17(2,3)26-16(24)20-8-9-21(14(22)11-20)13-10-19(4)12(18-13)6-7-15(23)25-5/h10H,6-9,11H2,1-5H3. The molecule has 1 fully saturated rings. The van der Waals surface area contributed by atoms with Crippen LogP contribution in [0.3, 0.4) is 0 Å². The minimum atomic E-state index is -0.604. The summed E-state index contributed by atoms with van der Waals surface area (Å²) < 4.78 is 11.7. The number of imidazole rings is 1. The Hall–Kier alpha value is -2.58. The predicted molar refractivity (Wildman–Crippen MR) is 93.7 cm³/mol. The van der Waals surface area contributed by atoms with E-state index in [4.69, 9.17) is 4.74 Å². The van der Waals surface area contributed by atoms with Gasteiger partial charge in [0.1, 0.15) is 18.0 Å². The van der Waals surface area contributed by atoms with Crippen molar-refractivity contribution in [1.82, 2.24) is 14.5 Å². The zero-order chi connectivity index (χ0) is 19.5. The Morgan fingerprint density at radius 1 is 1.27 bits per heavy atom. The molecule has 1 aromatic rings. The van der Waals surface area contributed by atoms with Gasteiger partial charge in [-0.25, -0.2) is 9.78 Å². The zero-order valence-corrected chi connectivity index (χ0v) is 15.9. The minimum absolute atomic E-state index is 0.0526. The Bertz CT molecular complexity index is 692. The lowest BCUT2D eigenvalue weighted by Crippen LogP contribution is -2.53. The summed E-state index contributed by atoms with van der Waals surface area (Å²) in [6.45, 7) is 6.01. The molecular formula is C17H26N4O5. The molecule has 0 atom stereocenters. The number of nitrogens with zero attached hydrogens (tertiary/aromatic N) is 4. The molecule has 0 bridgehead atoms. The zero-order valence-electron chi connectivity index (χ0n) is 15.9. The first-order valence-corrected chi connectivity index (χ1v) is 8.48. The van der Waals surface area contributed by atoms with E-state index >= 15 is 0 Å². The predicted octanol–water partition coefficient (Wildman–Crippen LogP) is 1.11. The molecule has 0 spiro atoms. The number of rotatable bonds is 4. The SMILES string of the molecule is COC(=O)CCc1nc(N2CCN(C(=O)OC(C)(C)C)CC2=O)cn1C. The quantitative estimate of drug-likeness (QED) is 0.741. The third-order valence-corrected chi connectivity index (χ3v) is 3.89. The molecule has 1 aliphatic rings.